The van der Waals surface area contributed by atoms with E-state index in [1.165, 1.54) is 0 Å². The number of nitrogens with zero attached hydrogens (tertiary/aromatic N) is 1. The van der Waals surface area contributed by atoms with Crippen LogP contribution in [0.4, 0.5) is 0 Å². The van der Waals surface area contributed by atoms with Crippen LogP contribution >= 0.6 is 0 Å². The van der Waals surface area contributed by atoms with Gasteiger partial charge in [0.1, 0.15) is 22.6 Å². The smallest absolute Gasteiger partial charge is 0.257 e. The lowest BCUT2D eigenvalue weighted by Gasteiger charge is -2.32. The van der Waals surface area contributed by atoms with Crippen molar-refractivity contribution in [2.45, 2.75) is 94.4 Å². The van der Waals surface area contributed by atoms with Crippen molar-refractivity contribution in [1.29, 1.82) is 0 Å². The van der Waals surface area contributed by atoms with E-state index in [9.17, 15) is 18.6 Å². The van der Waals surface area contributed by atoms with Gasteiger partial charge in [-0.3, -0.25) is 19.1 Å². The molecule has 2 N–H and O–H groups in total. The summed E-state index contributed by atoms with van der Waals surface area (Å²) < 4.78 is 14.8. The van der Waals surface area contributed by atoms with Crippen LogP contribution < -0.4 is 10.0 Å². The van der Waals surface area contributed by atoms with Gasteiger partial charge in [0, 0.05) is 13.0 Å². The van der Waals surface area contributed by atoms with Crippen molar-refractivity contribution in [1.82, 2.24) is 14.9 Å². The van der Waals surface area contributed by atoms with Gasteiger partial charge in [-0.1, -0.05) is 25.0 Å². The molecule has 3 rings (SSSR count). The highest BCUT2D eigenvalue weighted by atomic mass is 32.2. The van der Waals surface area contributed by atoms with Crippen molar-refractivity contribution >= 4 is 28.7 Å². The minimum absolute atomic E-state index is 0.0247. The topological polar surface area (TPSA) is 95.6 Å². The predicted octanol–water partition coefficient (Wildman–Crippen LogP) is 2.10. The Morgan fingerprint density at radius 1 is 1.14 bits per heavy atom. The second-order valence-corrected chi connectivity index (χ2v) is 10.1. The molecule has 1 saturated carbocycles. The molecule has 3 aliphatic rings. The van der Waals surface area contributed by atoms with Gasteiger partial charge in [-0.05, 0) is 58.3 Å². The van der Waals surface area contributed by atoms with Crippen LogP contribution in [0, 0.1) is 0 Å². The molecule has 0 aromatic carbocycles. The van der Waals surface area contributed by atoms with E-state index in [1.54, 1.807) is 11.8 Å². The van der Waals surface area contributed by atoms with Gasteiger partial charge in [0.05, 0.1) is 5.25 Å². The van der Waals surface area contributed by atoms with Gasteiger partial charge in [0.15, 0.2) is 0 Å². The van der Waals surface area contributed by atoms with E-state index in [0.29, 0.717) is 25.8 Å². The Hall–Kier alpha value is -1.70. The van der Waals surface area contributed by atoms with Gasteiger partial charge in [-0.15, -0.1) is 0 Å². The van der Waals surface area contributed by atoms with E-state index in [1.807, 2.05) is 12.2 Å². The SMILES string of the molecule is CC1(C(=O)NS(=O)C2CC2)C/C=C\CCCCCCC(=O)N2CCCC2C(=O)N1. The third kappa shape index (κ3) is 5.90. The van der Waals surface area contributed by atoms with E-state index in [2.05, 4.69) is 10.0 Å². The third-order valence-electron chi connectivity index (χ3n) is 6.00. The summed E-state index contributed by atoms with van der Waals surface area (Å²) in [6.45, 7) is 2.26. The number of amides is 3. The number of hydrogen-bond acceptors (Lipinski definition) is 4. The molecule has 2 fully saturated rings. The van der Waals surface area contributed by atoms with Gasteiger partial charge >= 0.3 is 0 Å². The molecule has 8 heteroatoms. The molecule has 162 valence electrons. The van der Waals surface area contributed by atoms with Gasteiger partial charge in [0.2, 0.25) is 11.8 Å². The average Bonchev–Trinajstić information content (AvgIpc) is 3.42. The first-order valence-electron chi connectivity index (χ1n) is 10.9. The van der Waals surface area contributed by atoms with E-state index in [4.69, 9.17) is 0 Å². The lowest BCUT2D eigenvalue weighted by molar-refractivity contribution is -0.140. The zero-order chi connectivity index (χ0) is 20.9. The molecule has 3 atom stereocenters. The van der Waals surface area contributed by atoms with Crippen LogP contribution in [0.2, 0.25) is 0 Å². The van der Waals surface area contributed by atoms with Crippen molar-refractivity contribution < 1.29 is 18.6 Å². The third-order valence-corrected chi connectivity index (χ3v) is 7.46. The van der Waals surface area contributed by atoms with E-state index in [0.717, 1.165) is 51.4 Å². The van der Waals surface area contributed by atoms with Gasteiger partial charge in [0.25, 0.3) is 5.91 Å². The summed E-state index contributed by atoms with van der Waals surface area (Å²) in [5, 5.41) is 2.92. The fourth-order valence-corrected chi connectivity index (χ4v) is 5.07. The zero-order valence-corrected chi connectivity index (χ0v) is 18.1. The summed E-state index contributed by atoms with van der Waals surface area (Å²) >= 11 is 0. The molecule has 1 saturated heterocycles. The minimum atomic E-state index is -1.41. The molecule has 0 spiro atoms. The first kappa shape index (κ1) is 22.0. The second-order valence-electron chi connectivity index (χ2n) is 8.62. The molecule has 0 bridgehead atoms. The zero-order valence-electron chi connectivity index (χ0n) is 17.3. The number of allylic oxidation sites excluding steroid dienone is 1. The number of carbonyl (C=O) groups excluding carboxylic acids is 3. The number of carbonyl (C=O) groups is 3. The van der Waals surface area contributed by atoms with Crippen LogP contribution in [0.3, 0.4) is 0 Å². The lowest BCUT2D eigenvalue weighted by Crippen LogP contribution is -2.60. The standard InChI is InChI=1S/C21H33N3O4S/c1-21(20(27)23-29(28)16-12-13-16)14-8-6-4-2-3-5-7-11-18(25)24-15-9-10-17(24)19(26)22-21/h6,8,16-17H,2-5,7,9-15H2,1H3,(H,22,26)(H,23,27)/b8-6-. The van der Waals surface area contributed by atoms with Crippen molar-refractivity contribution in [3.05, 3.63) is 12.2 Å². The fraction of sp³-hybridized carbons (Fsp3) is 0.762. The Labute approximate surface area is 175 Å². The van der Waals surface area contributed by atoms with Gasteiger partial charge in [-0.2, -0.15) is 0 Å². The molecule has 3 amide bonds. The average molecular weight is 424 g/mol. The van der Waals surface area contributed by atoms with E-state index >= 15 is 0 Å². The maximum atomic E-state index is 13.0. The van der Waals surface area contributed by atoms with Crippen molar-refractivity contribution in [2.24, 2.45) is 0 Å². The van der Waals surface area contributed by atoms with Gasteiger partial charge in [-0.25, -0.2) is 4.21 Å². The lowest BCUT2D eigenvalue weighted by atomic mass is 9.95. The highest BCUT2D eigenvalue weighted by Gasteiger charge is 2.41. The number of hydrogen-bond donors (Lipinski definition) is 2. The van der Waals surface area contributed by atoms with Crippen molar-refractivity contribution in [3.63, 3.8) is 0 Å². The summed E-state index contributed by atoms with van der Waals surface area (Å²) in [6, 6.07) is -0.530. The maximum absolute atomic E-state index is 13.0. The van der Waals surface area contributed by atoms with Crippen LogP contribution in [0.1, 0.15) is 77.6 Å². The van der Waals surface area contributed by atoms with Crippen LogP contribution in [-0.4, -0.2) is 50.2 Å². The summed E-state index contributed by atoms with van der Waals surface area (Å²) in [6.07, 6.45) is 12.8. The molecule has 0 aromatic heterocycles. The highest BCUT2D eigenvalue weighted by molar-refractivity contribution is 7.84. The quantitative estimate of drug-likeness (QED) is 0.680. The molecule has 29 heavy (non-hydrogen) atoms. The first-order chi connectivity index (χ1) is 13.9. The summed E-state index contributed by atoms with van der Waals surface area (Å²) in [4.78, 5) is 40.3. The Balaban J connectivity index is 1.76. The van der Waals surface area contributed by atoms with Gasteiger partial charge < -0.3 is 10.2 Å². The van der Waals surface area contributed by atoms with Crippen molar-refractivity contribution in [3.8, 4) is 0 Å². The minimum Gasteiger partial charge on any atom is -0.340 e. The predicted molar refractivity (Wildman–Crippen MR) is 112 cm³/mol. The highest BCUT2D eigenvalue weighted by Crippen LogP contribution is 2.26. The van der Waals surface area contributed by atoms with E-state index < -0.39 is 28.5 Å². The normalized spacial score (nSPS) is 31.8. The van der Waals surface area contributed by atoms with Crippen molar-refractivity contribution in [2.75, 3.05) is 6.54 Å². The first-order valence-corrected chi connectivity index (χ1v) is 12.1. The summed E-state index contributed by atoms with van der Waals surface area (Å²) in [7, 11) is -1.41. The summed E-state index contributed by atoms with van der Waals surface area (Å²) in [5.74, 6) is -0.702. The molecular formula is C21H33N3O4S. The monoisotopic (exact) mass is 423 g/mol. The van der Waals surface area contributed by atoms with Crippen LogP contribution in [0.25, 0.3) is 0 Å². The molecular weight excluding hydrogens is 390 g/mol. The Morgan fingerprint density at radius 2 is 1.90 bits per heavy atom. The maximum Gasteiger partial charge on any atom is 0.257 e. The van der Waals surface area contributed by atoms with Crippen LogP contribution in [0.5, 0.6) is 0 Å². The number of nitrogens with one attached hydrogen (secondary N) is 2. The van der Waals surface area contributed by atoms with E-state index in [-0.39, 0.29) is 17.1 Å². The summed E-state index contributed by atoms with van der Waals surface area (Å²) in [5.41, 5.74) is -1.20. The number of rotatable bonds is 3. The molecule has 2 aliphatic heterocycles. The fourth-order valence-electron chi connectivity index (χ4n) is 3.94. The Bertz CT molecular complexity index is 691. The Morgan fingerprint density at radius 3 is 2.66 bits per heavy atom. The molecule has 2 heterocycles. The van der Waals surface area contributed by atoms with Crippen LogP contribution in [0.15, 0.2) is 12.2 Å². The molecule has 7 nitrogen and oxygen atoms in total. The molecule has 3 unspecified atom stereocenters. The molecule has 1 aliphatic carbocycles. The Kier molecular flexibility index (Phi) is 7.49. The largest absolute Gasteiger partial charge is 0.340 e. The molecule has 0 aromatic rings. The second kappa shape index (κ2) is 9.87. The molecule has 0 radical (unpaired) electrons. The van der Waals surface area contributed by atoms with Crippen LogP contribution in [-0.2, 0) is 25.4 Å². The number of fused-ring (bicyclic) bond motifs is 1.